The van der Waals surface area contributed by atoms with E-state index < -0.39 is 11.6 Å². The largest absolute Gasteiger partial charge is 0.203 e. The fraction of sp³-hybridized carbons (Fsp3) is 0.571. The molecular weight excluding hydrogens is 286 g/mol. The van der Waals surface area contributed by atoms with Crippen LogP contribution in [0.1, 0.15) is 51.0 Å². The Hall–Kier alpha value is -0.440. The molecule has 0 aromatic heterocycles. The molecule has 0 aliphatic carbocycles. The minimum Gasteiger partial charge on any atom is -0.203 e. The molecule has 0 atom stereocenters. The van der Waals surface area contributed by atoms with Gasteiger partial charge in [0, 0.05) is 0 Å². The molecule has 96 valence electrons. The van der Waals surface area contributed by atoms with E-state index in [-0.39, 0.29) is 4.47 Å². The van der Waals surface area contributed by atoms with Crippen molar-refractivity contribution >= 4 is 15.9 Å². The van der Waals surface area contributed by atoms with Crippen LogP contribution in [0.15, 0.2) is 16.6 Å². The Balaban J connectivity index is 2.35. The summed E-state index contributed by atoms with van der Waals surface area (Å²) in [7, 11) is 0. The van der Waals surface area contributed by atoms with E-state index in [0.29, 0.717) is 12.0 Å². The monoisotopic (exact) mass is 304 g/mol. The molecule has 0 radical (unpaired) electrons. The normalized spacial score (nSPS) is 10.8. The smallest absolute Gasteiger partial charge is 0.173 e. The molecule has 0 aliphatic rings. The molecular formula is C14H19BrF2. The summed E-state index contributed by atoms with van der Waals surface area (Å²) in [5.41, 5.74) is 0.487. The summed E-state index contributed by atoms with van der Waals surface area (Å²) in [6, 6.07) is 3.24. The molecule has 0 saturated carbocycles. The second kappa shape index (κ2) is 7.80. The zero-order chi connectivity index (χ0) is 12.7. The highest BCUT2D eigenvalue weighted by atomic mass is 79.9. The first kappa shape index (κ1) is 14.6. The molecule has 0 spiro atoms. The van der Waals surface area contributed by atoms with Gasteiger partial charge in [-0.1, -0.05) is 45.1 Å². The second-order valence-corrected chi connectivity index (χ2v) is 5.21. The van der Waals surface area contributed by atoms with E-state index in [1.165, 1.54) is 25.7 Å². The Kier molecular flexibility index (Phi) is 6.71. The third kappa shape index (κ3) is 4.74. The Morgan fingerprint density at radius 2 is 1.59 bits per heavy atom. The van der Waals surface area contributed by atoms with Crippen molar-refractivity contribution in [2.45, 2.75) is 51.9 Å². The number of hydrogen-bond acceptors (Lipinski definition) is 0. The van der Waals surface area contributed by atoms with Crippen LogP contribution in [0.2, 0.25) is 0 Å². The van der Waals surface area contributed by atoms with Crippen molar-refractivity contribution in [3.05, 3.63) is 33.8 Å². The number of unbranched alkanes of at least 4 members (excludes halogenated alkanes) is 5. The van der Waals surface area contributed by atoms with Gasteiger partial charge in [0.05, 0.1) is 4.47 Å². The van der Waals surface area contributed by atoms with E-state index in [4.69, 9.17) is 0 Å². The Morgan fingerprint density at radius 1 is 0.941 bits per heavy atom. The van der Waals surface area contributed by atoms with Crippen molar-refractivity contribution < 1.29 is 8.78 Å². The van der Waals surface area contributed by atoms with E-state index in [1.54, 1.807) is 12.1 Å². The molecule has 17 heavy (non-hydrogen) atoms. The highest BCUT2D eigenvalue weighted by Crippen LogP contribution is 2.22. The average Bonchev–Trinajstić information content (AvgIpc) is 2.33. The summed E-state index contributed by atoms with van der Waals surface area (Å²) >= 11 is 2.98. The van der Waals surface area contributed by atoms with Crippen LogP contribution in [0.25, 0.3) is 0 Å². The van der Waals surface area contributed by atoms with Crippen LogP contribution < -0.4 is 0 Å². The molecule has 1 aromatic carbocycles. The highest BCUT2D eigenvalue weighted by Gasteiger charge is 2.10. The van der Waals surface area contributed by atoms with Gasteiger partial charge in [-0.2, -0.15) is 0 Å². The maximum absolute atomic E-state index is 13.5. The molecule has 0 unspecified atom stereocenters. The molecule has 0 N–H and O–H groups in total. The lowest BCUT2D eigenvalue weighted by molar-refractivity contribution is 0.491. The molecule has 0 nitrogen and oxygen atoms in total. The fourth-order valence-corrected chi connectivity index (χ4v) is 2.16. The lowest BCUT2D eigenvalue weighted by Gasteiger charge is -2.05. The molecule has 3 heteroatoms. The van der Waals surface area contributed by atoms with E-state index in [2.05, 4.69) is 22.9 Å². The zero-order valence-electron chi connectivity index (χ0n) is 10.2. The van der Waals surface area contributed by atoms with E-state index >= 15 is 0 Å². The molecule has 0 bridgehead atoms. The molecule has 0 saturated heterocycles. The van der Waals surface area contributed by atoms with E-state index in [9.17, 15) is 8.78 Å². The molecule has 1 rings (SSSR count). The van der Waals surface area contributed by atoms with Crippen molar-refractivity contribution in [3.63, 3.8) is 0 Å². The summed E-state index contributed by atoms with van der Waals surface area (Å²) in [5.74, 6) is -1.47. The molecule has 0 aliphatic heterocycles. The minimum atomic E-state index is -0.770. The number of benzene rings is 1. The Bertz CT molecular complexity index is 350. The van der Waals surface area contributed by atoms with Gasteiger partial charge in [0.15, 0.2) is 11.6 Å². The van der Waals surface area contributed by atoms with E-state index in [1.807, 2.05) is 0 Å². The first-order valence-electron chi connectivity index (χ1n) is 6.29. The maximum atomic E-state index is 13.5. The molecule has 0 heterocycles. The zero-order valence-corrected chi connectivity index (χ0v) is 11.8. The SMILES string of the molecule is CCCCCCCCc1ccc(Br)c(F)c1F. The summed E-state index contributed by atoms with van der Waals surface area (Å²) in [6.07, 6.45) is 7.58. The second-order valence-electron chi connectivity index (χ2n) is 4.35. The van der Waals surface area contributed by atoms with Crippen LogP contribution in [0, 0.1) is 11.6 Å². The Morgan fingerprint density at radius 3 is 2.29 bits per heavy atom. The summed E-state index contributed by atoms with van der Waals surface area (Å²) in [6.45, 7) is 2.18. The standard InChI is InChI=1S/C14H19BrF2/c1-2-3-4-5-6-7-8-11-9-10-12(15)14(17)13(11)16/h9-10H,2-8H2,1H3. The predicted octanol–water partition coefficient (Wildman–Crippen LogP) is 5.63. The third-order valence-corrected chi connectivity index (χ3v) is 3.53. The quantitative estimate of drug-likeness (QED) is 0.452. The van der Waals surface area contributed by atoms with Crippen LogP contribution in [0.5, 0.6) is 0 Å². The van der Waals surface area contributed by atoms with Gasteiger partial charge >= 0.3 is 0 Å². The summed E-state index contributed by atoms with van der Waals surface area (Å²) in [4.78, 5) is 0. The van der Waals surface area contributed by atoms with Gasteiger partial charge in [0.1, 0.15) is 0 Å². The van der Waals surface area contributed by atoms with Gasteiger partial charge in [-0.05, 0) is 40.4 Å². The lowest BCUT2D eigenvalue weighted by Crippen LogP contribution is -1.95. The number of aryl methyl sites for hydroxylation is 1. The van der Waals surface area contributed by atoms with Gasteiger partial charge in [0.2, 0.25) is 0 Å². The summed E-state index contributed by atoms with van der Waals surface area (Å²) in [5, 5.41) is 0. The first-order valence-corrected chi connectivity index (χ1v) is 7.08. The highest BCUT2D eigenvalue weighted by molar-refractivity contribution is 9.10. The van der Waals surface area contributed by atoms with Gasteiger partial charge < -0.3 is 0 Å². The molecule has 0 amide bonds. The van der Waals surface area contributed by atoms with Gasteiger partial charge in [-0.15, -0.1) is 0 Å². The molecule has 0 fully saturated rings. The van der Waals surface area contributed by atoms with Crippen molar-refractivity contribution in [1.82, 2.24) is 0 Å². The molecule has 1 aromatic rings. The maximum Gasteiger partial charge on any atom is 0.173 e. The third-order valence-electron chi connectivity index (χ3n) is 2.91. The van der Waals surface area contributed by atoms with Crippen LogP contribution in [0.3, 0.4) is 0 Å². The topological polar surface area (TPSA) is 0 Å². The van der Waals surface area contributed by atoms with Gasteiger partial charge in [-0.25, -0.2) is 8.78 Å². The van der Waals surface area contributed by atoms with Crippen molar-refractivity contribution in [3.8, 4) is 0 Å². The van der Waals surface area contributed by atoms with Crippen molar-refractivity contribution in [2.75, 3.05) is 0 Å². The van der Waals surface area contributed by atoms with Crippen LogP contribution in [-0.2, 0) is 6.42 Å². The number of hydrogen-bond donors (Lipinski definition) is 0. The fourth-order valence-electron chi connectivity index (χ4n) is 1.85. The first-order chi connectivity index (χ1) is 8.16. The van der Waals surface area contributed by atoms with E-state index in [0.717, 1.165) is 12.8 Å². The lowest BCUT2D eigenvalue weighted by atomic mass is 10.0. The number of rotatable bonds is 7. The predicted molar refractivity (Wildman–Crippen MR) is 71.1 cm³/mol. The summed E-state index contributed by atoms with van der Waals surface area (Å²) < 4.78 is 26.9. The number of halogens is 3. The van der Waals surface area contributed by atoms with Crippen LogP contribution >= 0.6 is 15.9 Å². The minimum absolute atomic E-state index is 0.196. The van der Waals surface area contributed by atoms with Gasteiger partial charge in [0.25, 0.3) is 0 Å². The Labute approximate surface area is 111 Å². The van der Waals surface area contributed by atoms with Gasteiger partial charge in [-0.3, -0.25) is 0 Å². The van der Waals surface area contributed by atoms with Crippen molar-refractivity contribution in [1.29, 1.82) is 0 Å². The van der Waals surface area contributed by atoms with Crippen molar-refractivity contribution in [2.24, 2.45) is 0 Å². The van der Waals surface area contributed by atoms with Crippen LogP contribution in [-0.4, -0.2) is 0 Å². The van der Waals surface area contributed by atoms with Crippen LogP contribution in [0.4, 0.5) is 8.78 Å². The average molecular weight is 305 g/mol.